The molecule has 0 aliphatic heterocycles. The molecule has 0 aromatic rings. The summed E-state index contributed by atoms with van der Waals surface area (Å²) < 4.78 is 35.5. The molecule has 0 spiro atoms. The second-order valence-corrected chi connectivity index (χ2v) is 4.38. The van der Waals surface area contributed by atoms with E-state index in [4.69, 9.17) is 0 Å². The molecule has 1 aliphatic rings. The molecule has 1 saturated carbocycles. The van der Waals surface area contributed by atoms with Crippen molar-refractivity contribution < 1.29 is 13.2 Å². The summed E-state index contributed by atoms with van der Waals surface area (Å²) in [6, 6.07) is 0.538. The summed E-state index contributed by atoms with van der Waals surface area (Å²) in [5.74, 6) is 0.789. The smallest absolute Gasteiger partial charge is 0.314 e. The lowest BCUT2D eigenvalue weighted by Crippen LogP contribution is -2.31. The Kier molecular flexibility index (Phi) is 4.90. The van der Waals surface area contributed by atoms with Gasteiger partial charge in [0, 0.05) is 12.5 Å². The summed E-state index contributed by atoms with van der Waals surface area (Å²) in [5, 5.41) is 3.35. The van der Waals surface area contributed by atoms with Gasteiger partial charge in [0.1, 0.15) is 0 Å². The SMILES string of the molecule is CCC(NCCCCC(F)(F)F)C1CC1. The van der Waals surface area contributed by atoms with Gasteiger partial charge in [0.2, 0.25) is 0 Å². The zero-order valence-corrected chi connectivity index (χ0v) is 9.24. The lowest BCUT2D eigenvalue weighted by Gasteiger charge is -2.16. The molecule has 0 heterocycles. The molecule has 1 fully saturated rings. The van der Waals surface area contributed by atoms with Crippen molar-refractivity contribution in [3.63, 3.8) is 0 Å². The van der Waals surface area contributed by atoms with E-state index in [0.717, 1.165) is 18.9 Å². The second-order valence-electron chi connectivity index (χ2n) is 4.38. The zero-order valence-electron chi connectivity index (χ0n) is 9.24. The highest BCUT2D eigenvalue weighted by Gasteiger charge is 2.29. The van der Waals surface area contributed by atoms with Crippen LogP contribution >= 0.6 is 0 Å². The molecule has 90 valence electrons. The first-order valence-electron chi connectivity index (χ1n) is 5.83. The molecule has 15 heavy (non-hydrogen) atoms. The van der Waals surface area contributed by atoms with Gasteiger partial charge >= 0.3 is 6.18 Å². The minimum Gasteiger partial charge on any atom is -0.314 e. The van der Waals surface area contributed by atoms with Gasteiger partial charge in [0.25, 0.3) is 0 Å². The minimum absolute atomic E-state index is 0.248. The molecule has 0 saturated heterocycles. The van der Waals surface area contributed by atoms with Gasteiger partial charge in [0.15, 0.2) is 0 Å². The standard InChI is InChI=1S/C11H20F3N/c1-2-10(9-5-6-9)15-8-4-3-7-11(12,13)14/h9-10,15H,2-8H2,1H3. The maximum atomic E-state index is 11.8. The van der Waals surface area contributed by atoms with E-state index < -0.39 is 12.6 Å². The van der Waals surface area contributed by atoms with Gasteiger partial charge in [-0.05, 0) is 44.6 Å². The van der Waals surface area contributed by atoms with Crippen molar-refractivity contribution in [3.05, 3.63) is 0 Å². The Balaban J connectivity index is 1.96. The molecule has 0 aromatic heterocycles. The van der Waals surface area contributed by atoms with E-state index >= 15 is 0 Å². The Morgan fingerprint density at radius 2 is 1.93 bits per heavy atom. The first kappa shape index (κ1) is 12.8. The number of nitrogens with one attached hydrogen (secondary N) is 1. The van der Waals surface area contributed by atoms with E-state index in [1.165, 1.54) is 12.8 Å². The third-order valence-electron chi connectivity index (χ3n) is 2.92. The van der Waals surface area contributed by atoms with Crippen LogP contribution in [-0.4, -0.2) is 18.8 Å². The van der Waals surface area contributed by atoms with E-state index in [-0.39, 0.29) is 6.42 Å². The molecule has 0 radical (unpaired) electrons. The van der Waals surface area contributed by atoms with Crippen LogP contribution in [0.2, 0.25) is 0 Å². The van der Waals surface area contributed by atoms with E-state index in [1.807, 2.05) is 0 Å². The summed E-state index contributed by atoms with van der Waals surface area (Å²) in [4.78, 5) is 0. The molecule has 4 heteroatoms. The molecule has 1 rings (SSSR count). The minimum atomic E-state index is -3.99. The van der Waals surface area contributed by atoms with Crippen molar-refractivity contribution in [1.82, 2.24) is 5.32 Å². The molecular weight excluding hydrogens is 203 g/mol. The van der Waals surface area contributed by atoms with Crippen molar-refractivity contribution >= 4 is 0 Å². The monoisotopic (exact) mass is 223 g/mol. The quantitative estimate of drug-likeness (QED) is 0.651. The van der Waals surface area contributed by atoms with Gasteiger partial charge in [0.05, 0.1) is 0 Å². The number of alkyl halides is 3. The van der Waals surface area contributed by atoms with Crippen LogP contribution in [0.15, 0.2) is 0 Å². The first-order chi connectivity index (χ1) is 7.03. The fourth-order valence-electron chi connectivity index (χ4n) is 1.88. The maximum absolute atomic E-state index is 11.8. The summed E-state index contributed by atoms with van der Waals surface area (Å²) >= 11 is 0. The molecule has 1 unspecified atom stereocenters. The topological polar surface area (TPSA) is 12.0 Å². The highest BCUT2D eigenvalue weighted by molar-refractivity contribution is 4.85. The van der Waals surface area contributed by atoms with Crippen LogP contribution in [0.3, 0.4) is 0 Å². The number of unbranched alkanes of at least 4 members (excludes halogenated alkanes) is 1. The third-order valence-corrected chi connectivity index (χ3v) is 2.92. The summed E-state index contributed by atoms with van der Waals surface area (Å²) in [6.45, 7) is 2.86. The van der Waals surface area contributed by atoms with Gasteiger partial charge in [-0.2, -0.15) is 13.2 Å². The van der Waals surface area contributed by atoms with Crippen LogP contribution in [0.1, 0.15) is 45.4 Å². The van der Waals surface area contributed by atoms with Crippen molar-refractivity contribution in [3.8, 4) is 0 Å². The van der Waals surface area contributed by atoms with Crippen LogP contribution < -0.4 is 5.32 Å². The predicted octanol–water partition coefficient (Wildman–Crippen LogP) is 3.50. The Morgan fingerprint density at radius 3 is 2.40 bits per heavy atom. The fourth-order valence-corrected chi connectivity index (χ4v) is 1.88. The average molecular weight is 223 g/mol. The average Bonchev–Trinajstić information content (AvgIpc) is 2.92. The normalized spacial score (nSPS) is 19.2. The van der Waals surface area contributed by atoms with Crippen LogP contribution in [-0.2, 0) is 0 Å². The third kappa shape index (κ3) is 6.03. The Labute approximate surface area is 89.4 Å². The highest BCUT2D eigenvalue weighted by Crippen LogP contribution is 2.33. The van der Waals surface area contributed by atoms with Crippen LogP contribution in [0.5, 0.6) is 0 Å². The van der Waals surface area contributed by atoms with Crippen molar-refractivity contribution in [2.75, 3.05) is 6.54 Å². The maximum Gasteiger partial charge on any atom is 0.389 e. The lowest BCUT2D eigenvalue weighted by molar-refractivity contribution is -0.135. The molecule has 1 atom stereocenters. The lowest BCUT2D eigenvalue weighted by atomic mass is 10.1. The molecule has 1 aliphatic carbocycles. The first-order valence-corrected chi connectivity index (χ1v) is 5.83. The molecule has 0 bridgehead atoms. The van der Waals surface area contributed by atoms with Crippen LogP contribution in [0, 0.1) is 5.92 Å². The largest absolute Gasteiger partial charge is 0.389 e. The molecule has 1 N–H and O–H groups in total. The molecule has 1 nitrogen and oxygen atoms in total. The molecular formula is C11H20F3N. The zero-order chi connectivity index (χ0) is 11.3. The number of hydrogen-bond acceptors (Lipinski definition) is 1. The highest BCUT2D eigenvalue weighted by atomic mass is 19.4. The van der Waals surface area contributed by atoms with Gasteiger partial charge in [-0.15, -0.1) is 0 Å². The Hall–Kier alpha value is -0.250. The van der Waals surface area contributed by atoms with Crippen molar-refractivity contribution in [2.24, 2.45) is 5.92 Å². The van der Waals surface area contributed by atoms with E-state index in [9.17, 15) is 13.2 Å². The van der Waals surface area contributed by atoms with Crippen LogP contribution in [0.4, 0.5) is 13.2 Å². The van der Waals surface area contributed by atoms with Crippen molar-refractivity contribution in [1.29, 1.82) is 0 Å². The molecule has 0 amide bonds. The summed E-state index contributed by atoms with van der Waals surface area (Å²) in [5.41, 5.74) is 0. The fraction of sp³-hybridized carbons (Fsp3) is 1.00. The van der Waals surface area contributed by atoms with Gasteiger partial charge in [-0.25, -0.2) is 0 Å². The second kappa shape index (κ2) is 5.73. The summed E-state index contributed by atoms with van der Waals surface area (Å²) in [7, 11) is 0. The van der Waals surface area contributed by atoms with Gasteiger partial charge < -0.3 is 5.32 Å². The number of halogens is 3. The Bertz CT molecular complexity index is 175. The van der Waals surface area contributed by atoms with E-state index in [1.54, 1.807) is 0 Å². The summed E-state index contributed by atoms with van der Waals surface area (Å²) in [6.07, 6.45) is -0.0953. The number of hydrogen-bond donors (Lipinski definition) is 1. The number of rotatable bonds is 7. The van der Waals surface area contributed by atoms with Crippen LogP contribution in [0.25, 0.3) is 0 Å². The van der Waals surface area contributed by atoms with Crippen molar-refractivity contribution in [2.45, 2.75) is 57.7 Å². The van der Waals surface area contributed by atoms with Gasteiger partial charge in [-0.1, -0.05) is 6.92 Å². The molecule has 0 aromatic carbocycles. The Morgan fingerprint density at radius 1 is 1.27 bits per heavy atom. The van der Waals surface area contributed by atoms with E-state index in [0.29, 0.717) is 12.5 Å². The predicted molar refractivity (Wildman–Crippen MR) is 54.7 cm³/mol. The van der Waals surface area contributed by atoms with Gasteiger partial charge in [-0.3, -0.25) is 0 Å². The van der Waals surface area contributed by atoms with E-state index in [2.05, 4.69) is 12.2 Å².